The maximum atomic E-state index is 9.94. The molecule has 0 aromatic heterocycles. The van der Waals surface area contributed by atoms with Gasteiger partial charge in [-0.1, -0.05) is 19.8 Å². The fourth-order valence-electron chi connectivity index (χ4n) is 2.58. The highest BCUT2D eigenvalue weighted by molar-refractivity contribution is 4.96. The first-order valence-corrected chi connectivity index (χ1v) is 5.66. The van der Waals surface area contributed by atoms with E-state index in [-0.39, 0.29) is 5.60 Å². The number of hydrogen-bond acceptors (Lipinski definition) is 2. The summed E-state index contributed by atoms with van der Waals surface area (Å²) in [6.07, 6.45) is 6.35. The summed E-state index contributed by atoms with van der Waals surface area (Å²) in [5.74, 6) is 0.950. The van der Waals surface area contributed by atoms with E-state index >= 15 is 0 Å². The van der Waals surface area contributed by atoms with Crippen LogP contribution in [0.3, 0.4) is 0 Å². The molecule has 1 saturated carbocycles. The van der Waals surface area contributed by atoms with Crippen LogP contribution in [0.2, 0.25) is 0 Å². The first-order chi connectivity index (χ1) is 6.22. The van der Waals surface area contributed by atoms with E-state index in [0.29, 0.717) is 0 Å². The van der Waals surface area contributed by atoms with Crippen molar-refractivity contribution in [3.63, 3.8) is 0 Å². The molecular weight excluding hydrogens is 162 g/mol. The topological polar surface area (TPSA) is 23.5 Å². The molecule has 1 N–H and O–H groups in total. The molecule has 0 unspecified atom stereocenters. The number of hydrogen-bond donors (Lipinski definition) is 1. The smallest absolute Gasteiger partial charge is 0.0900 e. The van der Waals surface area contributed by atoms with Gasteiger partial charge in [-0.2, -0.15) is 0 Å². The molecule has 2 aliphatic rings. The van der Waals surface area contributed by atoms with Gasteiger partial charge >= 0.3 is 0 Å². The molecule has 0 amide bonds. The fourth-order valence-corrected chi connectivity index (χ4v) is 2.58. The van der Waals surface area contributed by atoms with Gasteiger partial charge in [0, 0.05) is 19.6 Å². The van der Waals surface area contributed by atoms with E-state index in [4.69, 9.17) is 0 Å². The zero-order chi connectivity index (χ0) is 9.31. The zero-order valence-corrected chi connectivity index (χ0v) is 8.63. The summed E-state index contributed by atoms with van der Waals surface area (Å²) in [6, 6.07) is 0. The Kier molecular flexibility index (Phi) is 2.61. The van der Waals surface area contributed by atoms with Gasteiger partial charge in [-0.05, 0) is 25.2 Å². The molecule has 0 aromatic carbocycles. The summed E-state index contributed by atoms with van der Waals surface area (Å²) in [7, 11) is 0. The third-order valence-electron chi connectivity index (χ3n) is 3.49. The largest absolute Gasteiger partial charge is 0.387 e. The van der Waals surface area contributed by atoms with Crippen LogP contribution in [-0.4, -0.2) is 35.2 Å². The Hall–Kier alpha value is -0.0800. The summed E-state index contributed by atoms with van der Waals surface area (Å²) in [4.78, 5) is 2.42. The minimum Gasteiger partial charge on any atom is -0.387 e. The first kappa shape index (κ1) is 9.47. The molecular formula is C11H21NO. The van der Waals surface area contributed by atoms with Crippen LogP contribution in [0.5, 0.6) is 0 Å². The van der Waals surface area contributed by atoms with Gasteiger partial charge in [0.15, 0.2) is 0 Å². The average Bonchev–Trinajstić information content (AvgIpc) is 1.93. The standard InChI is InChI=1S/C11H21NO/c1-2-6-11(13)8-12(9-11)7-10-4-3-5-10/h10,13H,2-9H2,1H3. The van der Waals surface area contributed by atoms with E-state index in [9.17, 15) is 5.11 Å². The first-order valence-electron chi connectivity index (χ1n) is 5.66. The molecule has 1 saturated heterocycles. The van der Waals surface area contributed by atoms with Crippen molar-refractivity contribution in [3.05, 3.63) is 0 Å². The van der Waals surface area contributed by atoms with Crippen molar-refractivity contribution in [3.8, 4) is 0 Å². The van der Waals surface area contributed by atoms with Crippen molar-refractivity contribution in [2.75, 3.05) is 19.6 Å². The van der Waals surface area contributed by atoms with Crippen molar-refractivity contribution < 1.29 is 5.11 Å². The number of rotatable bonds is 4. The van der Waals surface area contributed by atoms with Gasteiger partial charge in [-0.3, -0.25) is 4.90 Å². The van der Waals surface area contributed by atoms with Crippen LogP contribution in [0.15, 0.2) is 0 Å². The monoisotopic (exact) mass is 183 g/mol. The van der Waals surface area contributed by atoms with Crippen LogP contribution < -0.4 is 0 Å². The van der Waals surface area contributed by atoms with Crippen molar-refractivity contribution in [2.45, 2.75) is 44.6 Å². The number of likely N-dealkylation sites (tertiary alicyclic amines) is 1. The van der Waals surface area contributed by atoms with E-state index in [0.717, 1.165) is 31.8 Å². The quantitative estimate of drug-likeness (QED) is 0.716. The maximum Gasteiger partial charge on any atom is 0.0900 e. The van der Waals surface area contributed by atoms with E-state index < -0.39 is 0 Å². The average molecular weight is 183 g/mol. The second-order valence-electron chi connectivity index (χ2n) is 4.94. The Bertz CT molecular complexity index is 171. The number of aliphatic hydroxyl groups is 1. The summed E-state index contributed by atoms with van der Waals surface area (Å²) in [5, 5.41) is 9.94. The molecule has 0 radical (unpaired) electrons. The van der Waals surface area contributed by atoms with Gasteiger partial charge in [-0.25, -0.2) is 0 Å². The second kappa shape index (κ2) is 3.58. The Morgan fingerprint density at radius 3 is 2.54 bits per heavy atom. The third kappa shape index (κ3) is 2.05. The van der Waals surface area contributed by atoms with Gasteiger partial charge < -0.3 is 5.11 Å². The molecule has 0 aromatic rings. The lowest BCUT2D eigenvalue weighted by atomic mass is 9.82. The van der Waals surface area contributed by atoms with E-state index in [1.54, 1.807) is 0 Å². The van der Waals surface area contributed by atoms with Crippen LogP contribution in [0, 0.1) is 5.92 Å². The van der Waals surface area contributed by atoms with Crippen molar-refractivity contribution in [1.29, 1.82) is 0 Å². The van der Waals surface area contributed by atoms with Crippen LogP contribution in [0.4, 0.5) is 0 Å². The fraction of sp³-hybridized carbons (Fsp3) is 1.00. The number of nitrogens with zero attached hydrogens (tertiary/aromatic N) is 1. The highest BCUT2D eigenvalue weighted by Crippen LogP contribution is 2.32. The molecule has 76 valence electrons. The Morgan fingerprint density at radius 1 is 1.38 bits per heavy atom. The van der Waals surface area contributed by atoms with E-state index in [1.165, 1.54) is 25.8 Å². The van der Waals surface area contributed by atoms with Gasteiger partial charge in [0.25, 0.3) is 0 Å². The molecule has 2 rings (SSSR count). The summed E-state index contributed by atoms with van der Waals surface area (Å²) in [6.45, 7) is 5.24. The highest BCUT2D eigenvalue weighted by atomic mass is 16.3. The lowest BCUT2D eigenvalue weighted by Crippen LogP contribution is -2.62. The van der Waals surface area contributed by atoms with E-state index in [1.807, 2.05) is 0 Å². The van der Waals surface area contributed by atoms with Crippen molar-refractivity contribution in [2.24, 2.45) is 5.92 Å². The predicted molar refractivity (Wildman–Crippen MR) is 53.6 cm³/mol. The molecule has 2 heteroatoms. The molecule has 0 atom stereocenters. The molecule has 0 bridgehead atoms. The molecule has 13 heavy (non-hydrogen) atoms. The summed E-state index contributed by atoms with van der Waals surface area (Å²) < 4.78 is 0. The lowest BCUT2D eigenvalue weighted by Gasteiger charge is -2.48. The maximum absolute atomic E-state index is 9.94. The molecule has 0 spiro atoms. The zero-order valence-electron chi connectivity index (χ0n) is 8.63. The van der Waals surface area contributed by atoms with Crippen molar-refractivity contribution in [1.82, 2.24) is 4.90 Å². The molecule has 2 fully saturated rings. The Labute approximate surface area is 80.9 Å². The van der Waals surface area contributed by atoms with Gasteiger partial charge in [0.1, 0.15) is 0 Å². The molecule has 1 aliphatic carbocycles. The van der Waals surface area contributed by atoms with Gasteiger partial charge in [0.05, 0.1) is 5.60 Å². The lowest BCUT2D eigenvalue weighted by molar-refractivity contribution is -0.110. The third-order valence-corrected chi connectivity index (χ3v) is 3.49. The minimum atomic E-state index is -0.321. The summed E-state index contributed by atoms with van der Waals surface area (Å²) in [5.41, 5.74) is -0.321. The Balaban J connectivity index is 1.65. The Morgan fingerprint density at radius 2 is 2.08 bits per heavy atom. The predicted octanol–water partition coefficient (Wildman–Crippen LogP) is 1.63. The SMILES string of the molecule is CCCC1(O)CN(CC2CCC2)C1. The van der Waals surface area contributed by atoms with Crippen LogP contribution in [-0.2, 0) is 0 Å². The summed E-state index contributed by atoms with van der Waals surface area (Å²) >= 11 is 0. The molecule has 2 nitrogen and oxygen atoms in total. The minimum absolute atomic E-state index is 0.321. The second-order valence-corrected chi connectivity index (χ2v) is 4.94. The van der Waals surface area contributed by atoms with Crippen LogP contribution in [0.1, 0.15) is 39.0 Å². The normalized spacial score (nSPS) is 28.2. The molecule has 1 aliphatic heterocycles. The number of β-amino-alcohol motifs (C(OH)–C–C–N with tert-alkyl or cyclic N) is 1. The highest BCUT2D eigenvalue weighted by Gasteiger charge is 2.40. The van der Waals surface area contributed by atoms with Gasteiger partial charge in [-0.15, -0.1) is 0 Å². The molecule has 1 heterocycles. The van der Waals surface area contributed by atoms with E-state index in [2.05, 4.69) is 11.8 Å². The van der Waals surface area contributed by atoms with Crippen LogP contribution in [0.25, 0.3) is 0 Å². The van der Waals surface area contributed by atoms with Crippen molar-refractivity contribution >= 4 is 0 Å². The van der Waals surface area contributed by atoms with Crippen LogP contribution >= 0.6 is 0 Å². The van der Waals surface area contributed by atoms with Gasteiger partial charge in [0.2, 0.25) is 0 Å².